The fraction of sp³-hybridized carbons (Fsp3) is 0.548. The van der Waals surface area contributed by atoms with E-state index in [1.54, 1.807) is 0 Å². The molecule has 1 aromatic rings. The second-order valence-corrected chi connectivity index (χ2v) is 10.5. The fourth-order valence-corrected chi connectivity index (χ4v) is 5.64. The first-order valence-corrected chi connectivity index (χ1v) is 13.8. The number of unbranched alkanes of at least 4 members (excludes halogenated alkanes) is 3. The molecule has 1 aromatic carbocycles. The second-order valence-electron chi connectivity index (χ2n) is 10.5. The summed E-state index contributed by atoms with van der Waals surface area (Å²) in [6.45, 7) is 2.13. The summed E-state index contributed by atoms with van der Waals surface area (Å²) in [7, 11) is 0. The summed E-state index contributed by atoms with van der Waals surface area (Å²) in [6, 6.07) is 5.41. The summed E-state index contributed by atoms with van der Waals surface area (Å²) in [5, 5.41) is 10.1. The zero-order valence-electron chi connectivity index (χ0n) is 22.4. The third-order valence-corrected chi connectivity index (χ3v) is 7.74. The van der Waals surface area contributed by atoms with Gasteiger partial charge in [-0.2, -0.15) is 0 Å². The van der Waals surface area contributed by atoms with Crippen molar-refractivity contribution in [3.05, 3.63) is 64.2 Å². The van der Waals surface area contributed by atoms with Crippen molar-refractivity contribution in [1.82, 2.24) is 0 Å². The lowest BCUT2D eigenvalue weighted by atomic mass is 9.90. The minimum Gasteiger partial charge on any atom is -0.303 e. The summed E-state index contributed by atoms with van der Waals surface area (Å²) < 4.78 is 0. The highest BCUT2D eigenvalue weighted by molar-refractivity contribution is 5.75. The second kappa shape index (κ2) is 17.3. The molecule has 0 amide bonds. The molecule has 6 unspecified atom stereocenters. The van der Waals surface area contributed by atoms with Gasteiger partial charge in [-0.3, -0.25) is 14.9 Å². The maximum atomic E-state index is 10.4. The Morgan fingerprint density at radius 3 is 1.84 bits per heavy atom. The Balaban J connectivity index is 0.000000181. The molecule has 2 fully saturated rings. The lowest BCUT2D eigenvalue weighted by Crippen LogP contribution is -2.07. The molecule has 0 heterocycles. The van der Waals surface area contributed by atoms with Gasteiger partial charge in [-0.25, -0.2) is 0 Å². The summed E-state index contributed by atoms with van der Waals surface area (Å²) in [6.07, 6.45) is 24.1. The molecule has 4 aliphatic carbocycles. The highest BCUT2D eigenvalue weighted by Crippen LogP contribution is 2.45. The Kier molecular flexibility index (Phi) is 14.1. The lowest BCUT2D eigenvalue weighted by molar-refractivity contribution is -0.384. The average Bonchev–Trinajstić information content (AvgIpc) is 3.76. The Bertz CT molecular complexity index is 954. The molecule has 0 aliphatic heterocycles. The van der Waals surface area contributed by atoms with E-state index in [0.29, 0.717) is 23.7 Å². The van der Waals surface area contributed by atoms with Crippen LogP contribution in [0.15, 0.2) is 48.6 Å². The van der Waals surface area contributed by atoms with E-state index in [0.717, 1.165) is 74.6 Å². The number of non-ortho nitro benzene ring substituents is 1. The van der Waals surface area contributed by atoms with Gasteiger partial charge in [-0.1, -0.05) is 44.1 Å². The molecular weight excluding hydrogens is 482 g/mol. The average molecular weight is 524 g/mol. The molecular formula is C31H41NO6. The van der Waals surface area contributed by atoms with Gasteiger partial charge in [0.1, 0.15) is 25.1 Å². The third kappa shape index (κ3) is 10.3. The third-order valence-electron chi connectivity index (χ3n) is 7.74. The van der Waals surface area contributed by atoms with E-state index in [4.69, 9.17) is 0 Å². The summed E-state index contributed by atoms with van der Waals surface area (Å²) in [4.78, 5) is 49.9. The van der Waals surface area contributed by atoms with Crippen molar-refractivity contribution in [3.63, 3.8) is 0 Å². The highest BCUT2D eigenvalue weighted by Gasteiger charge is 2.35. The molecule has 7 nitrogen and oxygen atoms in total. The van der Waals surface area contributed by atoms with Crippen molar-refractivity contribution < 1.29 is 24.1 Å². The number of allylic oxidation sites excluding steroid dienone is 4. The number of rotatable bonds is 10. The number of carbonyl (C=O) groups is 4. The van der Waals surface area contributed by atoms with Gasteiger partial charge in [0.05, 0.1) is 4.92 Å². The van der Waals surface area contributed by atoms with E-state index < -0.39 is 4.92 Å². The normalized spacial score (nSPS) is 26.7. The molecule has 0 aromatic heterocycles. The Morgan fingerprint density at radius 1 is 0.816 bits per heavy atom. The van der Waals surface area contributed by atoms with Gasteiger partial charge in [-0.05, 0) is 80.2 Å². The van der Waals surface area contributed by atoms with Crippen LogP contribution in [0.4, 0.5) is 5.69 Å². The number of hydrogen-bond donors (Lipinski definition) is 0. The predicted octanol–water partition coefficient (Wildman–Crippen LogP) is 6.75. The Morgan fingerprint density at radius 2 is 1.45 bits per heavy atom. The van der Waals surface area contributed by atoms with Crippen LogP contribution in [0.3, 0.4) is 0 Å². The van der Waals surface area contributed by atoms with Gasteiger partial charge >= 0.3 is 0 Å². The highest BCUT2D eigenvalue weighted by atomic mass is 16.6. The minimum atomic E-state index is -0.505. The van der Waals surface area contributed by atoms with Crippen molar-refractivity contribution in [1.29, 1.82) is 0 Å². The van der Waals surface area contributed by atoms with Crippen LogP contribution < -0.4 is 0 Å². The van der Waals surface area contributed by atoms with Crippen LogP contribution in [0.2, 0.25) is 0 Å². The van der Waals surface area contributed by atoms with Crippen molar-refractivity contribution in [2.45, 2.75) is 71.1 Å². The van der Waals surface area contributed by atoms with Crippen LogP contribution >= 0.6 is 0 Å². The van der Waals surface area contributed by atoms with Crippen molar-refractivity contribution in [3.8, 4) is 0 Å². The molecule has 0 saturated heterocycles. The SMILES string of the molecule is CCCCCC=O.O=CC1CC2C=CC1C2.O=CCCC1CC2C=CC1C2.O=Cc1ccc([N+](=O)[O-])cc1. The summed E-state index contributed by atoms with van der Waals surface area (Å²) in [5.74, 6) is 4.21. The van der Waals surface area contributed by atoms with E-state index in [9.17, 15) is 29.3 Å². The molecule has 206 valence electrons. The van der Waals surface area contributed by atoms with Gasteiger partial charge in [0.2, 0.25) is 0 Å². The van der Waals surface area contributed by atoms with Gasteiger partial charge in [0.25, 0.3) is 5.69 Å². The lowest BCUT2D eigenvalue weighted by Gasteiger charge is -2.15. The maximum Gasteiger partial charge on any atom is 0.269 e. The first-order chi connectivity index (χ1) is 18.4. The zero-order valence-corrected chi connectivity index (χ0v) is 22.4. The molecule has 0 N–H and O–H groups in total. The van der Waals surface area contributed by atoms with Crippen LogP contribution in [-0.2, 0) is 14.4 Å². The molecule has 0 radical (unpaired) electrons. The first kappa shape index (κ1) is 31.0. The van der Waals surface area contributed by atoms with E-state index in [1.165, 1.54) is 56.4 Å². The number of carbonyl (C=O) groups excluding carboxylic acids is 4. The van der Waals surface area contributed by atoms with Gasteiger partial charge < -0.3 is 14.4 Å². The number of nitrogens with zero attached hydrogens (tertiary/aromatic N) is 1. The van der Waals surface area contributed by atoms with Crippen LogP contribution in [0.25, 0.3) is 0 Å². The molecule has 6 atom stereocenters. The number of benzene rings is 1. The molecule has 0 spiro atoms. The van der Waals surface area contributed by atoms with Crippen molar-refractivity contribution >= 4 is 30.8 Å². The largest absolute Gasteiger partial charge is 0.303 e. The quantitative estimate of drug-likeness (QED) is 0.110. The van der Waals surface area contributed by atoms with Gasteiger partial charge in [0, 0.05) is 36.5 Å². The predicted molar refractivity (Wildman–Crippen MR) is 148 cm³/mol. The topological polar surface area (TPSA) is 111 Å². The molecule has 38 heavy (non-hydrogen) atoms. The van der Waals surface area contributed by atoms with Crippen molar-refractivity contribution in [2.24, 2.45) is 35.5 Å². The standard InChI is InChI=1S/C10H14O.C8H10O.C7H5NO3.C6H12O/c11-5-1-2-9-6-8-3-4-10(9)7-8;9-5-8-4-6-1-2-7(8)3-6;9-5-6-1-3-7(4-2-6)8(10)11;1-2-3-4-5-6-7/h3-5,8-10H,1-2,6-7H2;1-2,5-8H,3-4H2;1-5H;6H,2-5H2,1H3. The van der Waals surface area contributed by atoms with Gasteiger partial charge in [0.15, 0.2) is 0 Å². The fourth-order valence-electron chi connectivity index (χ4n) is 5.64. The summed E-state index contributed by atoms with van der Waals surface area (Å²) >= 11 is 0. The number of nitro benzene ring substituents is 1. The monoisotopic (exact) mass is 523 g/mol. The first-order valence-electron chi connectivity index (χ1n) is 13.8. The molecule has 2 saturated carbocycles. The van der Waals surface area contributed by atoms with Crippen LogP contribution in [-0.4, -0.2) is 30.1 Å². The van der Waals surface area contributed by atoms with E-state index in [2.05, 4.69) is 31.2 Å². The van der Waals surface area contributed by atoms with Gasteiger partial charge in [-0.15, -0.1) is 0 Å². The summed E-state index contributed by atoms with van der Waals surface area (Å²) in [5.41, 5.74) is 0.436. The van der Waals surface area contributed by atoms with E-state index >= 15 is 0 Å². The Labute approximate surface area is 225 Å². The molecule has 5 rings (SSSR count). The smallest absolute Gasteiger partial charge is 0.269 e. The minimum absolute atomic E-state index is 0.00407. The van der Waals surface area contributed by atoms with E-state index in [-0.39, 0.29) is 5.69 Å². The number of fused-ring (bicyclic) bond motifs is 4. The molecule has 4 aliphatic rings. The van der Waals surface area contributed by atoms with Crippen LogP contribution in [0, 0.1) is 45.6 Å². The number of aldehydes is 4. The number of nitro groups is 1. The zero-order chi connectivity index (χ0) is 27.8. The maximum absolute atomic E-state index is 10.4. The van der Waals surface area contributed by atoms with Crippen LogP contribution in [0.5, 0.6) is 0 Å². The van der Waals surface area contributed by atoms with Crippen molar-refractivity contribution in [2.75, 3.05) is 0 Å². The van der Waals surface area contributed by atoms with E-state index in [1.807, 2.05) is 0 Å². The van der Waals surface area contributed by atoms with Crippen LogP contribution in [0.1, 0.15) is 81.5 Å². The molecule has 7 heteroatoms. The molecule has 4 bridgehead atoms. The number of hydrogen-bond acceptors (Lipinski definition) is 6. The Hall–Kier alpha value is -3.22.